The quantitative estimate of drug-likeness (QED) is 0.846. The molecule has 2 aliphatic heterocycles. The molecule has 19 heavy (non-hydrogen) atoms. The van der Waals surface area contributed by atoms with Gasteiger partial charge in [0.1, 0.15) is 0 Å². The number of aryl methyl sites for hydroxylation is 1. The Kier molecular flexibility index (Phi) is 3.53. The van der Waals surface area contributed by atoms with Crippen LogP contribution in [0, 0.1) is 5.92 Å². The van der Waals surface area contributed by atoms with Crippen molar-refractivity contribution < 1.29 is 14.6 Å². The predicted octanol–water partition coefficient (Wildman–Crippen LogP) is 1.43. The molecule has 102 valence electrons. The molecule has 4 nitrogen and oxygen atoms in total. The van der Waals surface area contributed by atoms with E-state index in [1.807, 2.05) is 18.2 Å². The van der Waals surface area contributed by atoms with E-state index in [1.54, 1.807) is 0 Å². The molecule has 2 unspecified atom stereocenters. The van der Waals surface area contributed by atoms with Gasteiger partial charge in [-0.25, -0.2) is 0 Å². The number of hydrogen-bond donors (Lipinski definition) is 2. The third-order valence-corrected chi connectivity index (χ3v) is 4.04. The van der Waals surface area contributed by atoms with Crippen LogP contribution in [0.5, 0.6) is 0 Å². The minimum absolute atomic E-state index is 0.0239. The third-order valence-electron chi connectivity index (χ3n) is 4.04. The van der Waals surface area contributed by atoms with Crippen molar-refractivity contribution in [3.63, 3.8) is 0 Å². The minimum Gasteiger partial charge on any atom is -0.388 e. The number of fused-ring (bicyclic) bond motifs is 1. The van der Waals surface area contributed by atoms with Crippen molar-refractivity contribution in [3.05, 3.63) is 34.9 Å². The molecule has 0 radical (unpaired) electrons. The molecule has 0 aliphatic carbocycles. The van der Waals surface area contributed by atoms with Crippen molar-refractivity contribution >= 4 is 5.91 Å². The van der Waals surface area contributed by atoms with E-state index < -0.39 is 6.10 Å². The van der Waals surface area contributed by atoms with Crippen molar-refractivity contribution in [1.29, 1.82) is 0 Å². The SMILES string of the molecule is O=C1NCCCc2ccc(C(O)C3CCOC3)cc21. The fraction of sp³-hybridized carbons (Fsp3) is 0.533. The number of aliphatic hydroxyl groups is 1. The Bertz CT molecular complexity index is 480. The molecule has 1 aromatic rings. The zero-order valence-electron chi connectivity index (χ0n) is 10.9. The van der Waals surface area contributed by atoms with E-state index in [2.05, 4.69) is 5.32 Å². The fourth-order valence-electron chi connectivity index (χ4n) is 2.86. The molecule has 0 saturated carbocycles. The summed E-state index contributed by atoms with van der Waals surface area (Å²) in [4.78, 5) is 12.0. The van der Waals surface area contributed by atoms with E-state index in [-0.39, 0.29) is 11.8 Å². The van der Waals surface area contributed by atoms with Gasteiger partial charge in [-0.2, -0.15) is 0 Å². The van der Waals surface area contributed by atoms with E-state index in [0.717, 1.165) is 36.9 Å². The van der Waals surface area contributed by atoms with E-state index in [0.29, 0.717) is 18.8 Å². The topological polar surface area (TPSA) is 58.6 Å². The van der Waals surface area contributed by atoms with Gasteiger partial charge in [-0.1, -0.05) is 12.1 Å². The van der Waals surface area contributed by atoms with E-state index in [1.165, 1.54) is 0 Å². The normalized spacial score (nSPS) is 24.5. The molecule has 3 rings (SSSR count). The highest BCUT2D eigenvalue weighted by Crippen LogP contribution is 2.30. The summed E-state index contributed by atoms with van der Waals surface area (Å²) in [5, 5.41) is 13.3. The molecule has 1 aromatic carbocycles. The molecular weight excluding hydrogens is 242 g/mol. The van der Waals surface area contributed by atoms with E-state index in [9.17, 15) is 9.90 Å². The van der Waals surface area contributed by atoms with Gasteiger partial charge >= 0.3 is 0 Å². The van der Waals surface area contributed by atoms with Gasteiger partial charge in [-0.15, -0.1) is 0 Å². The fourth-order valence-corrected chi connectivity index (χ4v) is 2.86. The van der Waals surface area contributed by atoms with Crippen LogP contribution in [-0.4, -0.2) is 30.8 Å². The second-order valence-electron chi connectivity index (χ2n) is 5.34. The van der Waals surface area contributed by atoms with Crippen LogP contribution in [0.4, 0.5) is 0 Å². The molecule has 1 fully saturated rings. The lowest BCUT2D eigenvalue weighted by atomic mass is 9.92. The molecule has 0 aromatic heterocycles. The number of nitrogens with one attached hydrogen (secondary N) is 1. The molecule has 0 bridgehead atoms. The first-order valence-corrected chi connectivity index (χ1v) is 6.92. The van der Waals surface area contributed by atoms with Crippen LogP contribution < -0.4 is 5.32 Å². The Hall–Kier alpha value is -1.39. The highest BCUT2D eigenvalue weighted by Gasteiger charge is 2.26. The molecule has 1 amide bonds. The van der Waals surface area contributed by atoms with Crippen molar-refractivity contribution in [2.75, 3.05) is 19.8 Å². The van der Waals surface area contributed by atoms with Crippen molar-refractivity contribution in [2.24, 2.45) is 5.92 Å². The first-order valence-electron chi connectivity index (χ1n) is 6.92. The Labute approximate surface area is 112 Å². The summed E-state index contributed by atoms with van der Waals surface area (Å²) < 4.78 is 5.31. The molecule has 4 heteroatoms. The monoisotopic (exact) mass is 261 g/mol. The molecule has 2 heterocycles. The number of rotatable bonds is 2. The van der Waals surface area contributed by atoms with Crippen LogP contribution >= 0.6 is 0 Å². The van der Waals surface area contributed by atoms with Gasteiger partial charge in [0.25, 0.3) is 5.91 Å². The summed E-state index contributed by atoms with van der Waals surface area (Å²) in [6.07, 6.45) is 2.22. The van der Waals surface area contributed by atoms with Crippen LogP contribution in [0.1, 0.15) is 40.4 Å². The number of amides is 1. The van der Waals surface area contributed by atoms with Crippen LogP contribution in [-0.2, 0) is 11.2 Å². The molecule has 2 N–H and O–H groups in total. The molecular formula is C15H19NO3. The van der Waals surface area contributed by atoms with Crippen LogP contribution in [0.15, 0.2) is 18.2 Å². The van der Waals surface area contributed by atoms with Gasteiger partial charge in [0.05, 0.1) is 12.7 Å². The number of benzene rings is 1. The maximum absolute atomic E-state index is 12.0. The highest BCUT2D eigenvalue weighted by molar-refractivity contribution is 5.96. The van der Waals surface area contributed by atoms with Crippen molar-refractivity contribution in [3.8, 4) is 0 Å². The van der Waals surface area contributed by atoms with Crippen LogP contribution in [0.3, 0.4) is 0 Å². The highest BCUT2D eigenvalue weighted by atomic mass is 16.5. The third kappa shape index (κ3) is 2.51. The smallest absolute Gasteiger partial charge is 0.251 e. The lowest BCUT2D eigenvalue weighted by molar-refractivity contribution is 0.0913. The van der Waals surface area contributed by atoms with Gasteiger partial charge in [-0.3, -0.25) is 4.79 Å². The van der Waals surface area contributed by atoms with Crippen molar-refractivity contribution in [2.45, 2.75) is 25.4 Å². The molecule has 0 spiro atoms. The average Bonchev–Trinajstić information content (AvgIpc) is 2.90. The number of aliphatic hydroxyl groups excluding tert-OH is 1. The Morgan fingerprint density at radius 1 is 1.42 bits per heavy atom. The first kappa shape index (κ1) is 12.6. The molecule has 1 saturated heterocycles. The maximum Gasteiger partial charge on any atom is 0.251 e. The summed E-state index contributed by atoms with van der Waals surface area (Å²) >= 11 is 0. The summed E-state index contributed by atoms with van der Waals surface area (Å²) in [6.45, 7) is 2.04. The summed E-state index contributed by atoms with van der Waals surface area (Å²) in [5.41, 5.74) is 2.62. The van der Waals surface area contributed by atoms with Gasteiger partial charge in [0.2, 0.25) is 0 Å². The Balaban J connectivity index is 1.89. The van der Waals surface area contributed by atoms with Gasteiger partial charge in [0, 0.05) is 24.6 Å². The largest absolute Gasteiger partial charge is 0.388 e. The van der Waals surface area contributed by atoms with Gasteiger partial charge in [-0.05, 0) is 36.5 Å². The minimum atomic E-state index is -0.538. The van der Waals surface area contributed by atoms with Crippen LogP contribution in [0.2, 0.25) is 0 Å². The van der Waals surface area contributed by atoms with Gasteiger partial charge in [0.15, 0.2) is 0 Å². The zero-order valence-corrected chi connectivity index (χ0v) is 10.9. The zero-order chi connectivity index (χ0) is 13.2. The second-order valence-corrected chi connectivity index (χ2v) is 5.34. The standard InChI is InChI=1S/C15H19NO3/c17-14(12-5-7-19-9-12)11-4-3-10-2-1-6-16-15(18)13(10)8-11/h3-4,8,12,14,17H,1-2,5-7,9H2,(H,16,18). The van der Waals surface area contributed by atoms with E-state index in [4.69, 9.17) is 4.74 Å². The maximum atomic E-state index is 12.0. The number of carbonyl (C=O) groups is 1. The lowest BCUT2D eigenvalue weighted by Crippen LogP contribution is -2.23. The second kappa shape index (κ2) is 5.31. The summed E-state index contributed by atoms with van der Waals surface area (Å²) in [7, 11) is 0. The molecule has 2 atom stereocenters. The summed E-state index contributed by atoms with van der Waals surface area (Å²) in [6, 6.07) is 5.77. The van der Waals surface area contributed by atoms with Crippen molar-refractivity contribution in [1.82, 2.24) is 5.32 Å². The number of hydrogen-bond acceptors (Lipinski definition) is 3. The summed E-state index contributed by atoms with van der Waals surface area (Å²) in [5.74, 6) is 0.121. The average molecular weight is 261 g/mol. The van der Waals surface area contributed by atoms with Crippen LogP contribution in [0.25, 0.3) is 0 Å². The number of ether oxygens (including phenoxy) is 1. The first-order chi connectivity index (χ1) is 9.25. The van der Waals surface area contributed by atoms with E-state index >= 15 is 0 Å². The predicted molar refractivity (Wildman–Crippen MR) is 71.0 cm³/mol. The lowest BCUT2D eigenvalue weighted by Gasteiger charge is -2.18. The molecule has 2 aliphatic rings. The Morgan fingerprint density at radius 3 is 3.11 bits per heavy atom. The number of carbonyl (C=O) groups excluding carboxylic acids is 1. The van der Waals surface area contributed by atoms with Gasteiger partial charge < -0.3 is 15.2 Å². The Morgan fingerprint density at radius 2 is 2.32 bits per heavy atom.